The summed E-state index contributed by atoms with van der Waals surface area (Å²) in [6.45, 7) is 2.06. The number of hydrogen-bond acceptors (Lipinski definition) is 4. The van der Waals surface area contributed by atoms with Gasteiger partial charge in [0.05, 0.1) is 7.11 Å². The van der Waals surface area contributed by atoms with Gasteiger partial charge in [-0.25, -0.2) is 0 Å². The minimum Gasteiger partial charge on any atom is -0.497 e. The lowest BCUT2D eigenvalue weighted by molar-refractivity contribution is 0.414. The second-order valence-electron chi connectivity index (χ2n) is 4.54. The lowest BCUT2D eigenvalue weighted by Crippen LogP contribution is -2.03. The van der Waals surface area contributed by atoms with E-state index in [-0.39, 0.29) is 0 Å². The Morgan fingerprint density at radius 1 is 1.05 bits per heavy atom. The molecule has 0 aliphatic heterocycles. The molecule has 21 heavy (non-hydrogen) atoms. The van der Waals surface area contributed by atoms with E-state index in [4.69, 9.17) is 4.74 Å². The van der Waals surface area contributed by atoms with Crippen LogP contribution in [0.15, 0.2) is 48.7 Å². The fraction of sp³-hybridized carbons (Fsp3) is 0.188. The van der Waals surface area contributed by atoms with Crippen LogP contribution in [-0.2, 0) is 6.42 Å². The van der Waals surface area contributed by atoms with E-state index in [9.17, 15) is 0 Å². The maximum atomic E-state index is 5.21. The molecular weight excluding hydrogens is 264 g/mol. The lowest BCUT2D eigenvalue weighted by Gasteiger charge is -2.10. The standard InChI is InChI=1S/C16H16N4O/c1-3-15-18-19-16(14-6-4-5-11-17-14)20(15)12-7-9-13(21-2)10-8-12/h4-11H,3H2,1-2H3. The molecule has 0 bridgehead atoms. The molecule has 0 aliphatic carbocycles. The number of aryl methyl sites for hydroxylation is 1. The average molecular weight is 280 g/mol. The summed E-state index contributed by atoms with van der Waals surface area (Å²) >= 11 is 0. The molecule has 3 rings (SSSR count). The largest absolute Gasteiger partial charge is 0.497 e. The maximum Gasteiger partial charge on any atom is 0.187 e. The number of hydrogen-bond donors (Lipinski definition) is 0. The van der Waals surface area contributed by atoms with E-state index in [1.165, 1.54) is 0 Å². The van der Waals surface area contributed by atoms with Crippen LogP contribution in [0.3, 0.4) is 0 Å². The number of methoxy groups -OCH3 is 1. The van der Waals surface area contributed by atoms with Crippen molar-refractivity contribution in [3.05, 3.63) is 54.5 Å². The van der Waals surface area contributed by atoms with Gasteiger partial charge in [0.1, 0.15) is 17.3 Å². The molecule has 0 N–H and O–H groups in total. The first kappa shape index (κ1) is 13.3. The van der Waals surface area contributed by atoms with Crippen molar-refractivity contribution in [3.63, 3.8) is 0 Å². The number of benzene rings is 1. The van der Waals surface area contributed by atoms with Gasteiger partial charge >= 0.3 is 0 Å². The van der Waals surface area contributed by atoms with E-state index in [0.717, 1.165) is 35.2 Å². The molecule has 3 aromatic rings. The normalized spacial score (nSPS) is 10.6. The van der Waals surface area contributed by atoms with Crippen LogP contribution in [0.4, 0.5) is 0 Å². The number of ether oxygens (including phenoxy) is 1. The van der Waals surface area contributed by atoms with Gasteiger partial charge in [-0.05, 0) is 36.4 Å². The summed E-state index contributed by atoms with van der Waals surface area (Å²) in [5.74, 6) is 2.47. The predicted octanol–water partition coefficient (Wildman–Crippen LogP) is 2.90. The topological polar surface area (TPSA) is 52.8 Å². The van der Waals surface area contributed by atoms with Crippen LogP contribution < -0.4 is 4.74 Å². The van der Waals surface area contributed by atoms with Gasteiger partial charge in [0, 0.05) is 18.3 Å². The molecule has 0 saturated heterocycles. The minimum absolute atomic E-state index is 0.748. The highest BCUT2D eigenvalue weighted by molar-refractivity contribution is 5.54. The molecule has 5 nitrogen and oxygen atoms in total. The molecule has 0 radical (unpaired) electrons. The van der Waals surface area contributed by atoms with E-state index in [1.807, 2.05) is 47.0 Å². The molecule has 0 spiro atoms. The first-order chi connectivity index (χ1) is 10.3. The number of aromatic nitrogens is 4. The summed E-state index contributed by atoms with van der Waals surface area (Å²) in [4.78, 5) is 4.37. The zero-order chi connectivity index (χ0) is 14.7. The number of pyridine rings is 1. The second-order valence-corrected chi connectivity index (χ2v) is 4.54. The van der Waals surface area contributed by atoms with Crippen molar-refractivity contribution in [3.8, 4) is 23.0 Å². The third kappa shape index (κ3) is 2.50. The van der Waals surface area contributed by atoms with E-state index < -0.39 is 0 Å². The van der Waals surface area contributed by atoms with Crippen LogP contribution in [-0.4, -0.2) is 26.9 Å². The Balaban J connectivity index is 2.13. The number of nitrogens with zero attached hydrogens (tertiary/aromatic N) is 4. The van der Waals surface area contributed by atoms with Gasteiger partial charge in [-0.1, -0.05) is 13.0 Å². The molecule has 1 aromatic carbocycles. The average Bonchev–Trinajstić information content (AvgIpc) is 2.99. The van der Waals surface area contributed by atoms with Gasteiger partial charge < -0.3 is 4.74 Å². The molecule has 0 aliphatic rings. The molecule has 0 amide bonds. The zero-order valence-electron chi connectivity index (χ0n) is 12.0. The molecule has 0 atom stereocenters. The summed E-state index contributed by atoms with van der Waals surface area (Å²) in [5, 5.41) is 8.57. The Kier molecular flexibility index (Phi) is 3.64. The molecule has 0 fully saturated rings. The summed E-state index contributed by atoms with van der Waals surface area (Å²) in [6, 6.07) is 13.6. The van der Waals surface area contributed by atoms with Crippen molar-refractivity contribution < 1.29 is 4.74 Å². The zero-order valence-corrected chi connectivity index (χ0v) is 12.0. The molecule has 2 heterocycles. The third-order valence-electron chi connectivity index (χ3n) is 3.27. The van der Waals surface area contributed by atoms with Crippen LogP contribution >= 0.6 is 0 Å². The molecule has 106 valence electrons. The minimum atomic E-state index is 0.748. The van der Waals surface area contributed by atoms with Crippen LogP contribution in [0.2, 0.25) is 0 Å². The van der Waals surface area contributed by atoms with Gasteiger partial charge in [-0.2, -0.15) is 0 Å². The highest BCUT2D eigenvalue weighted by Gasteiger charge is 2.15. The van der Waals surface area contributed by atoms with Crippen molar-refractivity contribution in [2.24, 2.45) is 0 Å². The Hall–Kier alpha value is -2.69. The van der Waals surface area contributed by atoms with E-state index in [0.29, 0.717) is 0 Å². The quantitative estimate of drug-likeness (QED) is 0.737. The molecule has 2 aromatic heterocycles. The summed E-state index contributed by atoms with van der Waals surface area (Å²) in [6.07, 6.45) is 2.56. The Bertz CT molecular complexity index is 720. The third-order valence-corrected chi connectivity index (χ3v) is 3.27. The molecule has 0 unspecified atom stereocenters. The van der Waals surface area contributed by atoms with Crippen molar-refractivity contribution in [2.45, 2.75) is 13.3 Å². The fourth-order valence-corrected chi connectivity index (χ4v) is 2.21. The van der Waals surface area contributed by atoms with E-state index in [2.05, 4.69) is 22.1 Å². The SMILES string of the molecule is CCc1nnc(-c2ccccn2)n1-c1ccc(OC)cc1. The van der Waals surface area contributed by atoms with Crippen molar-refractivity contribution in [1.82, 2.24) is 19.7 Å². The highest BCUT2D eigenvalue weighted by Crippen LogP contribution is 2.23. The summed E-state index contributed by atoms with van der Waals surface area (Å²) in [5.41, 5.74) is 1.80. The van der Waals surface area contributed by atoms with Crippen LogP contribution in [0.1, 0.15) is 12.7 Å². The predicted molar refractivity (Wildman–Crippen MR) is 80.5 cm³/mol. The molecular formula is C16H16N4O. The Morgan fingerprint density at radius 2 is 1.86 bits per heavy atom. The van der Waals surface area contributed by atoms with Crippen LogP contribution in [0.5, 0.6) is 5.75 Å². The number of rotatable bonds is 4. The van der Waals surface area contributed by atoms with E-state index >= 15 is 0 Å². The van der Waals surface area contributed by atoms with Gasteiger partial charge in [-0.15, -0.1) is 10.2 Å². The van der Waals surface area contributed by atoms with E-state index in [1.54, 1.807) is 13.3 Å². The first-order valence-corrected chi connectivity index (χ1v) is 6.83. The Labute approximate surface area is 123 Å². The second kappa shape index (κ2) is 5.75. The lowest BCUT2D eigenvalue weighted by atomic mass is 10.2. The van der Waals surface area contributed by atoms with Gasteiger partial charge in [-0.3, -0.25) is 9.55 Å². The van der Waals surface area contributed by atoms with Crippen molar-refractivity contribution >= 4 is 0 Å². The monoisotopic (exact) mass is 280 g/mol. The maximum absolute atomic E-state index is 5.21. The van der Waals surface area contributed by atoms with Crippen molar-refractivity contribution in [1.29, 1.82) is 0 Å². The molecule has 5 heteroatoms. The highest BCUT2D eigenvalue weighted by atomic mass is 16.5. The first-order valence-electron chi connectivity index (χ1n) is 6.83. The smallest absolute Gasteiger partial charge is 0.187 e. The van der Waals surface area contributed by atoms with Gasteiger partial charge in [0.2, 0.25) is 0 Å². The van der Waals surface area contributed by atoms with Crippen LogP contribution in [0, 0.1) is 0 Å². The van der Waals surface area contributed by atoms with Crippen molar-refractivity contribution in [2.75, 3.05) is 7.11 Å². The fourth-order valence-electron chi connectivity index (χ4n) is 2.21. The molecule has 0 saturated carbocycles. The summed E-state index contributed by atoms with van der Waals surface area (Å²) in [7, 11) is 1.66. The van der Waals surface area contributed by atoms with Gasteiger partial charge in [0.15, 0.2) is 5.82 Å². The summed E-state index contributed by atoms with van der Waals surface area (Å²) < 4.78 is 7.23. The van der Waals surface area contributed by atoms with Crippen LogP contribution in [0.25, 0.3) is 17.2 Å². The Morgan fingerprint density at radius 3 is 2.48 bits per heavy atom. The van der Waals surface area contributed by atoms with Gasteiger partial charge in [0.25, 0.3) is 0 Å².